The first-order chi connectivity index (χ1) is 15.7. The molecule has 3 rings (SSSR count). The highest BCUT2D eigenvalue weighted by molar-refractivity contribution is 7.89. The molecule has 2 aromatic carbocycles. The number of hydrogen-bond donors (Lipinski definition) is 1. The zero-order chi connectivity index (χ0) is 24.2. The Hall–Kier alpha value is -2.49. The molecule has 0 atom stereocenters. The third kappa shape index (κ3) is 5.72. The highest BCUT2D eigenvalue weighted by atomic mass is 35.5. The van der Waals surface area contributed by atoms with Gasteiger partial charge in [0.2, 0.25) is 15.9 Å². The van der Waals surface area contributed by atoms with Crippen LogP contribution in [0.4, 0.5) is 10.1 Å². The average Bonchev–Trinajstić information content (AvgIpc) is 2.81. The highest BCUT2D eigenvalue weighted by Gasteiger charge is 2.32. The van der Waals surface area contributed by atoms with Crippen molar-refractivity contribution in [2.45, 2.75) is 31.6 Å². The molecule has 2 aromatic rings. The molecule has 0 unspecified atom stereocenters. The molecule has 1 N–H and O–H groups in total. The largest absolute Gasteiger partial charge is 0.339 e. The Bertz CT molecular complexity index is 1130. The average molecular weight is 496 g/mol. The summed E-state index contributed by atoms with van der Waals surface area (Å²) in [6.07, 6.45) is 0.691. The molecule has 1 aliphatic heterocycles. The summed E-state index contributed by atoms with van der Waals surface area (Å²) in [4.78, 5) is 26.9. The lowest BCUT2D eigenvalue weighted by Gasteiger charge is -2.30. The smallest absolute Gasteiger partial charge is 0.253 e. The standard InChI is InChI=1S/C23H27ClFN3O4S/c1-3-27(4-2)23(30)17-6-5-7-18(14-17)26-22(29)16-10-12-28(13-11-16)33(31,32)19-8-9-21(25)20(24)15-19/h5-9,14-16H,3-4,10-13H2,1-2H3,(H,26,29). The molecule has 0 bridgehead atoms. The van der Waals surface area contributed by atoms with Crippen molar-refractivity contribution < 1.29 is 22.4 Å². The number of nitrogens with zero attached hydrogens (tertiary/aromatic N) is 2. The van der Waals surface area contributed by atoms with Crippen molar-refractivity contribution in [1.82, 2.24) is 9.21 Å². The summed E-state index contributed by atoms with van der Waals surface area (Å²) in [5.41, 5.74) is 1.02. The molecule has 1 aliphatic rings. The van der Waals surface area contributed by atoms with Gasteiger partial charge in [0.1, 0.15) is 5.82 Å². The molecule has 0 aromatic heterocycles. The van der Waals surface area contributed by atoms with E-state index in [-0.39, 0.29) is 40.7 Å². The van der Waals surface area contributed by atoms with Gasteiger partial charge in [0.25, 0.3) is 5.91 Å². The van der Waals surface area contributed by atoms with Gasteiger partial charge in [-0.25, -0.2) is 12.8 Å². The van der Waals surface area contributed by atoms with E-state index in [4.69, 9.17) is 11.6 Å². The maximum Gasteiger partial charge on any atom is 0.253 e. The Kier molecular flexibility index (Phi) is 8.10. The molecular weight excluding hydrogens is 469 g/mol. The van der Waals surface area contributed by atoms with Crippen LogP contribution in [0.15, 0.2) is 47.4 Å². The first-order valence-electron chi connectivity index (χ1n) is 10.8. The van der Waals surface area contributed by atoms with E-state index in [9.17, 15) is 22.4 Å². The van der Waals surface area contributed by atoms with Gasteiger partial charge in [0.15, 0.2) is 0 Å². The summed E-state index contributed by atoms with van der Waals surface area (Å²) < 4.78 is 40.3. The molecular formula is C23H27ClFN3O4S. The van der Waals surface area contributed by atoms with Crippen LogP contribution in [0.2, 0.25) is 5.02 Å². The number of nitrogens with one attached hydrogen (secondary N) is 1. The molecule has 33 heavy (non-hydrogen) atoms. The SMILES string of the molecule is CCN(CC)C(=O)c1cccc(NC(=O)C2CCN(S(=O)(=O)c3ccc(F)c(Cl)c3)CC2)c1. The summed E-state index contributed by atoms with van der Waals surface area (Å²) in [6, 6.07) is 10.1. The maximum absolute atomic E-state index is 13.4. The molecule has 7 nitrogen and oxygen atoms in total. The predicted octanol–water partition coefficient (Wildman–Crippen LogP) is 4.00. The molecule has 1 fully saturated rings. The van der Waals surface area contributed by atoms with Crippen LogP contribution < -0.4 is 5.32 Å². The van der Waals surface area contributed by atoms with Gasteiger partial charge in [-0.3, -0.25) is 9.59 Å². The molecule has 1 saturated heterocycles. The van der Waals surface area contributed by atoms with Crippen molar-refractivity contribution in [3.05, 3.63) is 58.9 Å². The van der Waals surface area contributed by atoms with Crippen LogP contribution in [0.5, 0.6) is 0 Å². The fraction of sp³-hybridized carbons (Fsp3) is 0.391. The summed E-state index contributed by atoms with van der Waals surface area (Å²) in [6.45, 7) is 5.33. The summed E-state index contributed by atoms with van der Waals surface area (Å²) >= 11 is 5.73. The first kappa shape index (κ1) is 25.1. The van der Waals surface area contributed by atoms with E-state index in [0.717, 1.165) is 12.1 Å². The molecule has 0 aliphatic carbocycles. The molecule has 0 spiro atoms. The Balaban J connectivity index is 1.62. The van der Waals surface area contributed by atoms with Crippen LogP contribution in [-0.4, -0.2) is 55.6 Å². The van der Waals surface area contributed by atoms with Gasteiger partial charge in [-0.2, -0.15) is 4.31 Å². The van der Waals surface area contributed by atoms with Gasteiger partial charge >= 0.3 is 0 Å². The fourth-order valence-electron chi connectivity index (χ4n) is 3.81. The highest BCUT2D eigenvalue weighted by Crippen LogP contribution is 2.27. The molecule has 1 heterocycles. The van der Waals surface area contributed by atoms with Gasteiger partial charge in [-0.1, -0.05) is 17.7 Å². The van der Waals surface area contributed by atoms with E-state index >= 15 is 0 Å². The third-order valence-corrected chi connectivity index (χ3v) is 7.97. The normalized spacial score (nSPS) is 15.3. The van der Waals surface area contributed by atoms with Crippen LogP contribution in [0.1, 0.15) is 37.0 Å². The van der Waals surface area contributed by atoms with E-state index < -0.39 is 15.8 Å². The number of sulfonamides is 1. The van der Waals surface area contributed by atoms with Gasteiger partial charge < -0.3 is 10.2 Å². The lowest BCUT2D eigenvalue weighted by atomic mass is 9.97. The molecule has 0 saturated carbocycles. The summed E-state index contributed by atoms with van der Waals surface area (Å²) in [5, 5.41) is 2.59. The van der Waals surface area contributed by atoms with E-state index in [1.807, 2.05) is 13.8 Å². The Morgan fingerprint density at radius 3 is 2.39 bits per heavy atom. The second kappa shape index (κ2) is 10.6. The maximum atomic E-state index is 13.4. The number of hydrogen-bond acceptors (Lipinski definition) is 4. The van der Waals surface area contributed by atoms with Crippen LogP contribution in [0, 0.1) is 11.7 Å². The van der Waals surface area contributed by atoms with Crippen molar-refractivity contribution in [3.63, 3.8) is 0 Å². The van der Waals surface area contributed by atoms with Gasteiger partial charge in [-0.15, -0.1) is 0 Å². The van der Waals surface area contributed by atoms with E-state index in [1.165, 1.54) is 10.4 Å². The second-order valence-electron chi connectivity index (χ2n) is 7.80. The van der Waals surface area contributed by atoms with Crippen LogP contribution in [-0.2, 0) is 14.8 Å². The minimum absolute atomic E-state index is 0.0773. The zero-order valence-electron chi connectivity index (χ0n) is 18.6. The number of amides is 2. The number of anilines is 1. The Labute approximate surface area is 198 Å². The monoisotopic (exact) mass is 495 g/mol. The third-order valence-electron chi connectivity index (χ3n) is 5.78. The number of carbonyl (C=O) groups excluding carboxylic acids is 2. The van der Waals surface area contributed by atoms with Gasteiger partial charge in [0.05, 0.1) is 9.92 Å². The molecule has 0 radical (unpaired) electrons. The van der Waals surface area contributed by atoms with Crippen molar-refractivity contribution in [3.8, 4) is 0 Å². The number of piperidine rings is 1. The topological polar surface area (TPSA) is 86.8 Å². The van der Waals surface area contributed by atoms with Crippen LogP contribution in [0.3, 0.4) is 0 Å². The first-order valence-corrected chi connectivity index (χ1v) is 12.6. The number of halogens is 2. The predicted molar refractivity (Wildman–Crippen MR) is 125 cm³/mol. The molecule has 178 valence electrons. The van der Waals surface area contributed by atoms with Crippen molar-refractivity contribution in [2.75, 3.05) is 31.5 Å². The Morgan fingerprint density at radius 1 is 1.12 bits per heavy atom. The van der Waals surface area contributed by atoms with Gasteiger partial charge in [0, 0.05) is 43.3 Å². The molecule has 10 heteroatoms. The summed E-state index contributed by atoms with van der Waals surface area (Å²) in [7, 11) is -3.83. The Morgan fingerprint density at radius 2 is 1.79 bits per heavy atom. The molecule has 2 amide bonds. The van der Waals surface area contributed by atoms with Crippen LogP contribution >= 0.6 is 11.6 Å². The second-order valence-corrected chi connectivity index (χ2v) is 10.1. The fourth-order valence-corrected chi connectivity index (χ4v) is 5.55. The number of rotatable bonds is 7. The number of carbonyl (C=O) groups is 2. The minimum atomic E-state index is -3.83. The minimum Gasteiger partial charge on any atom is -0.339 e. The van der Waals surface area contributed by atoms with Crippen molar-refractivity contribution >= 4 is 39.1 Å². The lowest BCUT2D eigenvalue weighted by molar-refractivity contribution is -0.120. The number of benzene rings is 2. The van der Waals surface area contributed by atoms with E-state index in [0.29, 0.717) is 37.2 Å². The van der Waals surface area contributed by atoms with Crippen LogP contribution in [0.25, 0.3) is 0 Å². The summed E-state index contributed by atoms with van der Waals surface area (Å²) in [5.74, 6) is -1.37. The quantitative estimate of drug-likeness (QED) is 0.629. The zero-order valence-corrected chi connectivity index (χ0v) is 20.1. The van der Waals surface area contributed by atoms with Crippen molar-refractivity contribution in [2.24, 2.45) is 5.92 Å². The van der Waals surface area contributed by atoms with E-state index in [2.05, 4.69) is 5.32 Å². The lowest BCUT2D eigenvalue weighted by Crippen LogP contribution is -2.41. The van der Waals surface area contributed by atoms with E-state index in [1.54, 1.807) is 29.2 Å². The van der Waals surface area contributed by atoms with Crippen molar-refractivity contribution in [1.29, 1.82) is 0 Å². The van der Waals surface area contributed by atoms with Gasteiger partial charge in [-0.05, 0) is 63.1 Å².